The van der Waals surface area contributed by atoms with Crippen molar-refractivity contribution in [3.8, 4) is 0 Å². The molecule has 0 aliphatic heterocycles. The third-order valence-electron chi connectivity index (χ3n) is 1.56. The molecule has 0 spiro atoms. The van der Waals surface area contributed by atoms with Crippen LogP contribution in [0.4, 0.5) is 5.82 Å². The molecule has 0 fully saturated rings. The van der Waals surface area contributed by atoms with Gasteiger partial charge in [-0.1, -0.05) is 11.6 Å². The van der Waals surface area contributed by atoms with Crippen LogP contribution in [0.5, 0.6) is 0 Å². The maximum absolute atomic E-state index is 5.70. The number of rotatable bonds is 0. The Morgan fingerprint density at radius 2 is 2.17 bits per heavy atom. The zero-order valence-corrected chi connectivity index (χ0v) is 6.92. The number of fused-ring (bicyclic) bond motifs is 1. The van der Waals surface area contributed by atoms with Crippen molar-refractivity contribution >= 4 is 28.3 Å². The average molecular weight is 180 g/mol. The molecule has 2 N–H and O–H groups in total. The first-order valence-corrected chi connectivity index (χ1v) is 3.81. The Bertz CT molecular complexity index is 391. The van der Waals surface area contributed by atoms with Crippen molar-refractivity contribution in [3.05, 3.63) is 29.5 Å². The lowest BCUT2D eigenvalue weighted by Gasteiger charge is -1.97. The molecule has 2 aromatic rings. The summed E-state index contributed by atoms with van der Waals surface area (Å²) >= 11 is 5.70. The molecular formula is C8H6ClN3. The molecule has 0 amide bonds. The van der Waals surface area contributed by atoms with Gasteiger partial charge in [-0.25, -0.2) is 9.97 Å². The molecule has 0 saturated carbocycles. The molecule has 2 rings (SSSR count). The van der Waals surface area contributed by atoms with Crippen LogP contribution in [-0.2, 0) is 0 Å². The van der Waals surface area contributed by atoms with Gasteiger partial charge in [-0.3, -0.25) is 0 Å². The minimum atomic E-state index is 0.456. The standard InChI is InChI=1S/C8H6ClN3/c9-7-2-1-5-4-11-8(10)3-6(5)12-7/h1-4H,(H2,10,11). The first kappa shape index (κ1) is 7.31. The number of hydrogen-bond acceptors (Lipinski definition) is 3. The smallest absolute Gasteiger partial charge is 0.129 e. The zero-order valence-electron chi connectivity index (χ0n) is 6.16. The van der Waals surface area contributed by atoms with Crippen LogP contribution in [0.25, 0.3) is 10.9 Å². The van der Waals surface area contributed by atoms with Crippen molar-refractivity contribution < 1.29 is 0 Å². The highest BCUT2D eigenvalue weighted by atomic mass is 35.5. The second kappa shape index (κ2) is 2.60. The van der Waals surface area contributed by atoms with Crippen molar-refractivity contribution in [3.63, 3.8) is 0 Å². The van der Waals surface area contributed by atoms with Crippen molar-refractivity contribution in [2.45, 2.75) is 0 Å². The molecule has 0 unspecified atom stereocenters. The monoisotopic (exact) mass is 179 g/mol. The van der Waals surface area contributed by atoms with Gasteiger partial charge in [0.15, 0.2) is 0 Å². The van der Waals surface area contributed by atoms with E-state index in [0.717, 1.165) is 10.9 Å². The quantitative estimate of drug-likeness (QED) is 0.628. The van der Waals surface area contributed by atoms with Crippen LogP contribution in [0.15, 0.2) is 24.4 Å². The highest BCUT2D eigenvalue weighted by Gasteiger charge is 1.96. The number of nitrogens with two attached hydrogens (primary N) is 1. The van der Waals surface area contributed by atoms with E-state index in [4.69, 9.17) is 17.3 Å². The molecule has 0 saturated heterocycles. The first-order chi connectivity index (χ1) is 5.75. The Hall–Kier alpha value is -1.35. The van der Waals surface area contributed by atoms with Gasteiger partial charge in [0, 0.05) is 17.6 Å². The zero-order chi connectivity index (χ0) is 8.55. The van der Waals surface area contributed by atoms with E-state index in [1.54, 1.807) is 18.3 Å². The van der Waals surface area contributed by atoms with Gasteiger partial charge in [-0.2, -0.15) is 0 Å². The van der Waals surface area contributed by atoms with Gasteiger partial charge >= 0.3 is 0 Å². The second-order valence-electron chi connectivity index (χ2n) is 2.44. The Morgan fingerprint density at radius 1 is 1.33 bits per heavy atom. The summed E-state index contributed by atoms with van der Waals surface area (Å²) < 4.78 is 0. The number of halogens is 1. The van der Waals surface area contributed by atoms with Crippen molar-refractivity contribution in [1.29, 1.82) is 0 Å². The molecule has 0 aliphatic carbocycles. The number of aromatic nitrogens is 2. The van der Waals surface area contributed by atoms with E-state index in [9.17, 15) is 0 Å². The number of nitrogens with zero attached hydrogens (tertiary/aromatic N) is 2. The molecule has 0 radical (unpaired) electrons. The Labute approximate surface area is 74.2 Å². The van der Waals surface area contributed by atoms with Gasteiger partial charge in [0.1, 0.15) is 11.0 Å². The van der Waals surface area contributed by atoms with Gasteiger partial charge < -0.3 is 5.73 Å². The summed E-state index contributed by atoms with van der Waals surface area (Å²) in [4.78, 5) is 8.01. The normalized spacial score (nSPS) is 10.4. The highest BCUT2D eigenvalue weighted by molar-refractivity contribution is 6.29. The molecule has 0 aliphatic rings. The molecular weight excluding hydrogens is 174 g/mol. The lowest BCUT2D eigenvalue weighted by Crippen LogP contribution is -1.89. The molecule has 0 bridgehead atoms. The average Bonchev–Trinajstić information content (AvgIpc) is 2.03. The van der Waals surface area contributed by atoms with E-state index in [2.05, 4.69) is 9.97 Å². The van der Waals surface area contributed by atoms with Crippen LogP contribution in [0.2, 0.25) is 5.15 Å². The second-order valence-corrected chi connectivity index (χ2v) is 2.82. The SMILES string of the molecule is Nc1cc2nc(Cl)ccc2cn1. The van der Waals surface area contributed by atoms with Crippen molar-refractivity contribution in [2.24, 2.45) is 0 Å². The molecule has 60 valence electrons. The number of anilines is 1. The third kappa shape index (κ3) is 1.19. The topological polar surface area (TPSA) is 51.8 Å². The van der Waals surface area contributed by atoms with Crippen LogP contribution in [0.3, 0.4) is 0 Å². The largest absolute Gasteiger partial charge is 0.384 e. The van der Waals surface area contributed by atoms with Gasteiger partial charge in [0.2, 0.25) is 0 Å². The lowest BCUT2D eigenvalue weighted by atomic mass is 10.3. The van der Waals surface area contributed by atoms with E-state index in [1.807, 2.05) is 6.07 Å². The lowest BCUT2D eigenvalue weighted by molar-refractivity contribution is 1.33. The molecule has 3 nitrogen and oxygen atoms in total. The predicted molar refractivity (Wildman–Crippen MR) is 49.0 cm³/mol. The van der Waals surface area contributed by atoms with E-state index in [1.165, 1.54) is 0 Å². The summed E-state index contributed by atoms with van der Waals surface area (Å²) in [7, 11) is 0. The maximum atomic E-state index is 5.70. The highest BCUT2D eigenvalue weighted by Crippen LogP contribution is 2.15. The van der Waals surface area contributed by atoms with Gasteiger partial charge in [0.05, 0.1) is 5.52 Å². The van der Waals surface area contributed by atoms with Crippen LogP contribution in [0.1, 0.15) is 0 Å². The predicted octanol–water partition coefficient (Wildman–Crippen LogP) is 1.87. The fraction of sp³-hybridized carbons (Fsp3) is 0. The molecule has 12 heavy (non-hydrogen) atoms. The Morgan fingerprint density at radius 3 is 3.00 bits per heavy atom. The third-order valence-corrected chi connectivity index (χ3v) is 1.77. The summed E-state index contributed by atoms with van der Waals surface area (Å²) in [6, 6.07) is 5.28. The van der Waals surface area contributed by atoms with Crippen molar-refractivity contribution in [1.82, 2.24) is 9.97 Å². The molecule has 4 heteroatoms. The number of nitrogen functional groups attached to an aromatic ring is 1. The fourth-order valence-corrected chi connectivity index (χ4v) is 1.16. The van der Waals surface area contributed by atoms with E-state index in [0.29, 0.717) is 11.0 Å². The van der Waals surface area contributed by atoms with Gasteiger partial charge in [-0.15, -0.1) is 0 Å². The minimum Gasteiger partial charge on any atom is -0.384 e. The van der Waals surface area contributed by atoms with Gasteiger partial charge in [-0.05, 0) is 12.1 Å². The van der Waals surface area contributed by atoms with Crippen molar-refractivity contribution in [2.75, 3.05) is 5.73 Å². The molecule has 2 heterocycles. The summed E-state index contributed by atoms with van der Waals surface area (Å²) in [5.41, 5.74) is 6.25. The van der Waals surface area contributed by atoms with E-state index >= 15 is 0 Å². The fourth-order valence-electron chi connectivity index (χ4n) is 1.01. The maximum Gasteiger partial charge on any atom is 0.129 e. The summed E-state index contributed by atoms with van der Waals surface area (Å²) in [6.07, 6.45) is 1.67. The van der Waals surface area contributed by atoms with E-state index in [-0.39, 0.29) is 0 Å². The summed E-state index contributed by atoms with van der Waals surface area (Å²) in [6.45, 7) is 0. The van der Waals surface area contributed by atoms with Crippen LogP contribution in [0, 0.1) is 0 Å². The van der Waals surface area contributed by atoms with Crippen LogP contribution >= 0.6 is 11.6 Å². The Kier molecular flexibility index (Phi) is 1.59. The first-order valence-electron chi connectivity index (χ1n) is 3.43. The number of hydrogen-bond donors (Lipinski definition) is 1. The molecule has 2 aromatic heterocycles. The minimum absolute atomic E-state index is 0.456. The van der Waals surface area contributed by atoms with Gasteiger partial charge in [0.25, 0.3) is 0 Å². The Balaban J connectivity index is 2.80. The molecule has 0 atom stereocenters. The summed E-state index contributed by atoms with van der Waals surface area (Å²) in [5.74, 6) is 0.456. The number of pyridine rings is 2. The van der Waals surface area contributed by atoms with E-state index < -0.39 is 0 Å². The van der Waals surface area contributed by atoms with Crippen LogP contribution < -0.4 is 5.73 Å². The summed E-state index contributed by atoms with van der Waals surface area (Å²) in [5, 5.41) is 1.40. The van der Waals surface area contributed by atoms with Crippen LogP contribution in [-0.4, -0.2) is 9.97 Å². The molecule has 0 aromatic carbocycles.